The van der Waals surface area contributed by atoms with Crippen LogP contribution in [0.1, 0.15) is 25.0 Å². The Hall–Kier alpha value is -0.560. The average Bonchev–Trinajstić information content (AvgIpc) is 2.06. The summed E-state index contributed by atoms with van der Waals surface area (Å²) in [4.78, 5) is 0. The van der Waals surface area contributed by atoms with E-state index in [1.165, 1.54) is 15.6 Å². The summed E-state index contributed by atoms with van der Waals surface area (Å²) in [5.74, 6) is 0. The van der Waals surface area contributed by atoms with Gasteiger partial charge in [-0.25, -0.2) is 0 Å². The van der Waals surface area contributed by atoms with Crippen molar-refractivity contribution < 1.29 is 0 Å². The Morgan fingerprint density at radius 3 is 2.69 bits per heavy atom. The third-order valence-corrected chi connectivity index (χ3v) is 3.92. The van der Waals surface area contributed by atoms with Crippen molar-refractivity contribution in [3.05, 3.63) is 39.9 Å². The minimum Gasteiger partial charge on any atom is -0.0620 e. The van der Waals surface area contributed by atoms with E-state index in [2.05, 4.69) is 60.1 Å². The Bertz CT molecular complexity index is 361. The number of halogens is 1. The van der Waals surface area contributed by atoms with E-state index in [1.807, 2.05) is 0 Å². The molecule has 0 aliphatic heterocycles. The van der Waals surface area contributed by atoms with Crippen molar-refractivity contribution in [2.24, 2.45) is 5.41 Å². The van der Waals surface area contributed by atoms with Crippen LogP contribution < -0.4 is 0 Å². The molecular formula is C12H13Br. The first-order valence-electron chi connectivity index (χ1n) is 4.55. The predicted molar refractivity (Wildman–Crippen MR) is 60.8 cm³/mol. The van der Waals surface area contributed by atoms with Gasteiger partial charge in [0.05, 0.1) is 0 Å². The molecule has 0 amide bonds. The van der Waals surface area contributed by atoms with E-state index in [0.29, 0.717) is 0 Å². The summed E-state index contributed by atoms with van der Waals surface area (Å²) in [5, 5.41) is 0. The third kappa shape index (κ3) is 1.58. The van der Waals surface area contributed by atoms with E-state index in [1.54, 1.807) is 0 Å². The van der Waals surface area contributed by atoms with E-state index in [0.717, 1.165) is 6.42 Å². The largest absolute Gasteiger partial charge is 0.0620 e. The van der Waals surface area contributed by atoms with Crippen LogP contribution in [0, 0.1) is 5.41 Å². The number of benzene rings is 1. The van der Waals surface area contributed by atoms with Crippen LogP contribution in [0.4, 0.5) is 0 Å². The molecule has 0 atom stereocenters. The summed E-state index contributed by atoms with van der Waals surface area (Å²) in [6.45, 7) is 4.53. The fraction of sp³-hybridized carbons (Fsp3) is 0.333. The lowest BCUT2D eigenvalue weighted by molar-refractivity contribution is 0.467. The van der Waals surface area contributed by atoms with Crippen LogP contribution in [-0.2, 0) is 6.42 Å². The van der Waals surface area contributed by atoms with Crippen LogP contribution in [0.15, 0.2) is 28.7 Å². The quantitative estimate of drug-likeness (QED) is 0.639. The monoisotopic (exact) mass is 236 g/mol. The van der Waals surface area contributed by atoms with Crippen molar-refractivity contribution in [3.63, 3.8) is 0 Å². The zero-order valence-electron chi connectivity index (χ0n) is 7.97. The zero-order chi connectivity index (χ0) is 9.47. The molecule has 0 saturated carbocycles. The number of allylic oxidation sites excluding steroid dienone is 1. The highest BCUT2D eigenvalue weighted by atomic mass is 79.9. The molecule has 0 bridgehead atoms. The SMILES string of the molecule is CC1(C)Cc2ccccc2C=C1Br. The predicted octanol–water partition coefficient (Wildman–Crippen LogP) is 4.00. The number of fused-ring (bicyclic) bond motifs is 1. The molecule has 1 aliphatic carbocycles. The van der Waals surface area contributed by atoms with Crippen molar-refractivity contribution >= 4 is 22.0 Å². The second kappa shape index (κ2) is 2.98. The molecule has 0 nitrogen and oxygen atoms in total. The molecule has 2 rings (SSSR count). The summed E-state index contributed by atoms with van der Waals surface area (Å²) in [6.07, 6.45) is 3.36. The van der Waals surface area contributed by atoms with Crippen molar-refractivity contribution in [2.75, 3.05) is 0 Å². The Labute approximate surface area is 87.8 Å². The van der Waals surface area contributed by atoms with Gasteiger partial charge in [-0.05, 0) is 23.6 Å². The Morgan fingerprint density at radius 2 is 1.92 bits per heavy atom. The fourth-order valence-electron chi connectivity index (χ4n) is 1.73. The first-order chi connectivity index (χ1) is 6.09. The topological polar surface area (TPSA) is 0 Å². The summed E-state index contributed by atoms with van der Waals surface area (Å²) >= 11 is 3.64. The molecule has 1 aliphatic rings. The minimum absolute atomic E-state index is 0.258. The molecule has 13 heavy (non-hydrogen) atoms. The Balaban J connectivity index is 2.53. The van der Waals surface area contributed by atoms with Crippen LogP contribution in [-0.4, -0.2) is 0 Å². The smallest absolute Gasteiger partial charge is 0.00164 e. The highest BCUT2D eigenvalue weighted by molar-refractivity contribution is 9.11. The first kappa shape index (κ1) is 9.01. The van der Waals surface area contributed by atoms with Gasteiger partial charge in [0.2, 0.25) is 0 Å². The summed E-state index contributed by atoms with van der Waals surface area (Å²) in [6, 6.07) is 8.59. The van der Waals surface area contributed by atoms with Crippen molar-refractivity contribution in [2.45, 2.75) is 20.3 Å². The van der Waals surface area contributed by atoms with Crippen LogP contribution >= 0.6 is 15.9 Å². The van der Waals surface area contributed by atoms with Gasteiger partial charge in [0.15, 0.2) is 0 Å². The van der Waals surface area contributed by atoms with E-state index in [4.69, 9.17) is 0 Å². The summed E-state index contributed by atoms with van der Waals surface area (Å²) < 4.78 is 1.30. The summed E-state index contributed by atoms with van der Waals surface area (Å²) in [7, 11) is 0. The number of hydrogen-bond donors (Lipinski definition) is 0. The molecule has 0 saturated heterocycles. The molecule has 0 N–H and O–H groups in total. The van der Waals surface area contributed by atoms with E-state index in [9.17, 15) is 0 Å². The van der Waals surface area contributed by atoms with Crippen molar-refractivity contribution in [1.82, 2.24) is 0 Å². The number of hydrogen-bond acceptors (Lipinski definition) is 0. The van der Waals surface area contributed by atoms with Gasteiger partial charge >= 0.3 is 0 Å². The van der Waals surface area contributed by atoms with Gasteiger partial charge in [0.1, 0.15) is 0 Å². The molecule has 1 heteroatoms. The van der Waals surface area contributed by atoms with Gasteiger partial charge in [-0.15, -0.1) is 0 Å². The van der Waals surface area contributed by atoms with Crippen molar-refractivity contribution in [3.8, 4) is 0 Å². The lowest BCUT2D eigenvalue weighted by Crippen LogP contribution is -2.18. The van der Waals surface area contributed by atoms with Gasteiger partial charge in [-0.1, -0.05) is 54.0 Å². The van der Waals surface area contributed by atoms with E-state index < -0.39 is 0 Å². The molecular weight excluding hydrogens is 224 g/mol. The maximum atomic E-state index is 3.64. The van der Waals surface area contributed by atoms with Crippen LogP contribution in [0.25, 0.3) is 6.08 Å². The fourth-order valence-corrected chi connectivity index (χ4v) is 2.12. The molecule has 0 heterocycles. The van der Waals surface area contributed by atoms with E-state index >= 15 is 0 Å². The van der Waals surface area contributed by atoms with Crippen LogP contribution in [0.5, 0.6) is 0 Å². The molecule has 68 valence electrons. The van der Waals surface area contributed by atoms with Crippen LogP contribution in [0.2, 0.25) is 0 Å². The average molecular weight is 237 g/mol. The molecule has 0 fully saturated rings. The van der Waals surface area contributed by atoms with Crippen LogP contribution in [0.3, 0.4) is 0 Å². The maximum Gasteiger partial charge on any atom is 0.00164 e. The maximum absolute atomic E-state index is 3.64. The highest BCUT2D eigenvalue weighted by Crippen LogP contribution is 2.40. The Morgan fingerprint density at radius 1 is 1.23 bits per heavy atom. The molecule has 0 spiro atoms. The third-order valence-electron chi connectivity index (χ3n) is 2.62. The van der Waals surface area contributed by atoms with Gasteiger partial charge in [0.25, 0.3) is 0 Å². The van der Waals surface area contributed by atoms with Gasteiger partial charge < -0.3 is 0 Å². The van der Waals surface area contributed by atoms with Gasteiger partial charge in [0, 0.05) is 9.90 Å². The normalized spacial score (nSPS) is 19.2. The minimum atomic E-state index is 0.258. The van der Waals surface area contributed by atoms with Gasteiger partial charge in [-0.3, -0.25) is 0 Å². The highest BCUT2D eigenvalue weighted by Gasteiger charge is 2.26. The summed E-state index contributed by atoms with van der Waals surface area (Å²) in [5.41, 5.74) is 3.07. The molecule has 0 aromatic heterocycles. The van der Waals surface area contributed by atoms with Gasteiger partial charge in [-0.2, -0.15) is 0 Å². The standard InChI is InChI=1S/C12H13Br/c1-12(2)8-10-6-4-3-5-9(10)7-11(12)13/h3-7H,8H2,1-2H3. The second-order valence-electron chi connectivity index (χ2n) is 4.25. The van der Waals surface area contributed by atoms with Crippen molar-refractivity contribution in [1.29, 1.82) is 0 Å². The molecule has 1 aromatic rings. The lowest BCUT2D eigenvalue weighted by Gasteiger charge is -2.29. The Kier molecular flexibility index (Phi) is 2.07. The van der Waals surface area contributed by atoms with E-state index in [-0.39, 0.29) is 5.41 Å². The lowest BCUT2D eigenvalue weighted by atomic mass is 9.79. The molecule has 0 radical (unpaired) electrons. The molecule has 1 aromatic carbocycles. The first-order valence-corrected chi connectivity index (χ1v) is 5.34. The zero-order valence-corrected chi connectivity index (χ0v) is 9.56. The number of rotatable bonds is 0. The second-order valence-corrected chi connectivity index (χ2v) is 5.11. The molecule has 0 unspecified atom stereocenters.